The van der Waals surface area contributed by atoms with E-state index in [1.165, 1.54) is 30.0 Å². The highest BCUT2D eigenvalue weighted by molar-refractivity contribution is 8.00. The van der Waals surface area contributed by atoms with Crippen LogP contribution in [0.3, 0.4) is 0 Å². The van der Waals surface area contributed by atoms with Crippen molar-refractivity contribution in [2.75, 3.05) is 17.9 Å². The molecule has 4 rings (SSSR count). The first-order valence-corrected chi connectivity index (χ1v) is 9.97. The fourth-order valence-corrected chi connectivity index (χ4v) is 4.31. The predicted molar refractivity (Wildman–Crippen MR) is 110 cm³/mol. The van der Waals surface area contributed by atoms with E-state index in [2.05, 4.69) is 20.9 Å². The largest absolute Gasteiger partial charge is 0.497 e. The molecule has 2 aromatic carbocycles. The Bertz CT molecular complexity index is 1060. The van der Waals surface area contributed by atoms with E-state index in [-0.39, 0.29) is 17.0 Å². The summed E-state index contributed by atoms with van der Waals surface area (Å²) in [4.78, 5) is 13.1. The van der Waals surface area contributed by atoms with Crippen molar-refractivity contribution in [1.29, 1.82) is 0 Å². The van der Waals surface area contributed by atoms with Crippen molar-refractivity contribution < 1.29 is 13.9 Å². The molecule has 1 aromatic heterocycles. The lowest BCUT2D eigenvalue weighted by Crippen LogP contribution is -2.41. The molecule has 0 fully saturated rings. The first-order valence-electron chi connectivity index (χ1n) is 8.71. The van der Waals surface area contributed by atoms with Gasteiger partial charge in [-0.15, -0.1) is 10.2 Å². The minimum Gasteiger partial charge on any atom is -0.497 e. The zero-order valence-corrected chi connectivity index (χ0v) is 17.1. The molecule has 150 valence electrons. The monoisotopic (exact) mass is 433 g/mol. The Balaban J connectivity index is 1.65. The molecule has 2 atom stereocenters. The normalized spacial score (nSPS) is 17.9. The van der Waals surface area contributed by atoms with Gasteiger partial charge >= 0.3 is 0 Å². The number of nitrogens with one attached hydrogen (secondary N) is 2. The van der Waals surface area contributed by atoms with Crippen LogP contribution < -0.4 is 15.5 Å². The van der Waals surface area contributed by atoms with Crippen molar-refractivity contribution in [3.63, 3.8) is 0 Å². The van der Waals surface area contributed by atoms with Gasteiger partial charge in [-0.05, 0) is 42.8 Å². The van der Waals surface area contributed by atoms with Crippen molar-refractivity contribution in [3.05, 3.63) is 64.7 Å². The number of fused-ring (bicyclic) bond motifs is 1. The Morgan fingerprint density at radius 2 is 2.03 bits per heavy atom. The molecule has 0 unspecified atom stereocenters. The first kappa shape index (κ1) is 19.5. The molecular weight excluding hydrogens is 417 g/mol. The van der Waals surface area contributed by atoms with Gasteiger partial charge in [0.15, 0.2) is 0 Å². The molecule has 1 aliphatic heterocycles. The van der Waals surface area contributed by atoms with Crippen molar-refractivity contribution in [3.8, 4) is 5.75 Å². The molecule has 29 heavy (non-hydrogen) atoms. The molecule has 0 bridgehead atoms. The lowest BCUT2D eigenvalue weighted by molar-refractivity contribution is -0.116. The highest BCUT2D eigenvalue weighted by Crippen LogP contribution is 2.38. The Labute approximate surface area is 175 Å². The van der Waals surface area contributed by atoms with Crippen LogP contribution >= 0.6 is 23.4 Å². The summed E-state index contributed by atoms with van der Waals surface area (Å²) in [5.74, 6) is 0.603. The molecule has 0 saturated carbocycles. The van der Waals surface area contributed by atoms with Gasteiger partial charge in [0.1, 0.15) is 22.6 Å². The Hall–Kier alpha value is -2.78. The van der Waals surface area contributed by atoms with Crippen LogP contribution in [0.1, 0.15) is 17.4 Å². The number of rotatable bonds is 4. The summed E-state index contributed by atoms with van der Waals surface area (Å²) >= 11 is 7.13. The third-order valence-corrected chi connectivity index (χ3v) is 6.02. The number of hydrogen-bond donors (Lipinski definition) is 2. The second-order valence-corrected chi connectivity index (χ2v) is 7.92. The van der Waals surface area contributed by atoms with Crippen molar-refractivity contribution in [1.82, 2.24) is 14.9 Å². The van der Waals surface area contributed by atoms with Crippen LogP contribution in [0.25, 0.3) is 0 Å². The number of thioether (sulfide) groups is 1. The van der Waals surface area contributed by atoms with Gasteiger partial charge in [-0.2, -0.15) is 0 Å². The molecule has 7 nitrogen and oxygen atoms in total. The average Bonchev–Trinajstić information content (AvgIpc) is 3.10. The molecule has 0 saturated heterocycles. The zero-order chi connectivity index (χ0) is 20.5. The van der Waals surface area contributed by atoms with E-state index in [1.807, 2.05) is 31.2 Å². The molecule has 0 aliphatic carbocycles. The SMILES string of the molecule is COc1ccc([C@@H]2Nn3c(C)nnc3S[C@H]2C(=O)Nc2ccc(F)c(Cl)c2)cc1. The fourth-order valence-electron chi connectivity index (χ4n) is 3.01. The number of nitrogens with zero attached hydrogens (tertiary/aromatic N) is 3. The van der Waals surface area contributed by atoms with E-state index >= 15 is 0 Å². The summed E-state index contributed by atoms with van der Waals surface area (Å²) in [6, 6.07) is 11.2. The smallest absolute Gasteiger partial charge is 0.240 e. The predicted octanol–water partition coefficient (Wildman–Crippen LogP) is 3.79. The number of methoxy groups -OCH3 is 1. The van der Waals surface area contributed by atoms with Crippen LogP contribution in [0.5, 0.6) is 5.75 Å². The number of amides is 1. The van der Waals surface area contributed by atoms with Gasteiger partial charge in [0.25, 0.3) is 0 Å². The van der Waals surface area contributed by atoms with Gasteiger partial charge in [0, 0.05) is 5.69 Å². The lowest BCUT2D eigenvalue weighted by atomic mass is 10.0. The van der Waals surface area contributed by atoms with Crippen molar-refractivity contribution >= 4 is 35.0 Å². The van der Waals surface area contributed by atoms with Gasteiger partial charge in [0.05, 0.1) is 18.2 Å². The van der Waals surface area contributed by atoms with Gasteiger partial charge in [-0.25, -0.2) is 9.07 Å². The van der Waals surface area contributed by atoms with Crippen LogP contribution in [-0.4, -0.2) is 33.1 Å². The molecule has 10 heteroatoms. The number of carbonyl (C=O) groups is 1. The number of carbonyl (C=O) groups excluding carboxylic acids is 1. The Morgan fingerprint density at radius 3 is 2.72 bits per heavy atom. The second kappa shape index (κ2) is 7.92. The minimum atomic E-state index is -0.552. The van der Waals surface area contributed by atoms with E-state index in [0.717, 1.165) is 11.3 Å². The number of hydrogen-bond acceptors (Lipinski definition) is 6. The summed E-state index contributed by atoms with van der Waals surface area (Å²) < 4.78 is 20.4. The third-order valence-electron chi connectivity index (χ3n) is 4.52. The van der Waals surface area contributed by atoms with E-state index in [1.54, 1.807) is 11.8 Å². The van der Waals surface area contributed by atoms with Gasteiger partial charge in [-0.1, -0.05) is 35.5 Å². The topological polar surface area (TPSA) is 81.1 Å². The highest BCUT2D eigenvalue weighted by atomic mass is 35.5. The minimum absolute atomic E-state index is 0.0562. The van der Waals surface area contributed by atoms with Crippen LogP contribution in [0.15, 0.2) is 47.6 Å². The van der Waals surface area contributed by atoms with Crippen LogP contribution in [0.2, 0.25) is 5.02 Å². The number of ether oxygens (including phenoxy) is 1. The molecule has 0 radical (unpaired) electrons. The number of aryl methyl sites for hydroxylation is 1. The standard InChI is InChI=1S/C19H17ClFN5O2S/c1-10-23-24-19-26(10)25-16(11-3-6-13(28-2)7-4-11)17(29-19)18(27)22-12-5-8-15(21)14(20)9-12/h3-9,16-17,25H,1-2H3,(H,22,27)/t16-,17+/m0/s1. The molecular formula is C19H17ClFN5O2S. The second-order valence-electron chi connectivity index (χ2n) is 6.40. The number of benzene rings is 2. The fraction of sp³-hybridized carbons (Fsp3) is 0.211. The van der Waals surface area contributed by atoms with E-state index in [0.29, 0.717) is 16.7 Å². The van der Waals surface area contributed by atoms with Crippen molar-refractivity contribution in [2.45, 2.75) is 23.4 Å². The van der Waals surface area contributed by atoms with Crippen LogP contribution in [0.4, 0.5) is 10.1 Å². The molecule has 3 aromatic rings. The van der Waals surface area contributed by atoms with E-state index < -0.39 is 11.1 Å². The molecule has 0 spiro atoms. The van der Waals surface area contributed by atoms with Gasteiger partial charge in [0.2, 0.25) is 11.1 Å². The van der Waals surface area contributed by atoms with Gasteiger partial charge in [-0.3, -0.25) is 4.79 Å². The lowest BCUT2D eigenvalue weighted by Gasteiger charge is -2.32. The Kier molecular flexibility index (Phi) is 5.33. The van der Waals surface area contributed by atoms with Crippen molar-refractivity contribution in [2.24, 2.45) is 0 Å². The third kappa shape index (κ3) is 3.88. The number of halogens is 2. The van der Waals surface area contributed by atoms with Gasteiger partial charge < -0.3 is 15.5 Å². The summed E-state index contributed by atoms with van der Waals surface area (Å²) in [6.45, 7) is 1.83. The highest BCUT2D eigenvalue weighted by Gasteiger charge is 2.37. The molecule has 2 heterocycles. The average molecular weight is 434 g/mol. The van der Waals surface area contributed by atoms with Crippen LogP contribution in [-0.2, 0) is 4.79 Å². The molecule has 2 N–H and O–H groups in total. The maximum Gasteiger partial charge on any atom is 0.240 e. The summed E-state index contributed by atoms with van der Waals surface area (Å²) in [7, 11) is 1.60. The zero-order valence-electron chi connectivity index (χ0n) is 15.5. The number of anilines is 1. The molecule has 1 amide bonds. The summed E-state index contributed by atoms with van der Waals surface area (Å²) in [5, 5.41) is 11.0. The summed E-state index contributed by atoms with van der Waals surface area (Å²) in [5.41, 5.74) is 4.63. The van der Waals surface area contributed by atoms with Crippen LogP contribution in [0, 0.1) is 12.7 Å². The molecule has 1 aliphatic rings. The Morgan fingerprint density at radius 1 is 1.28 bits per heavy atom. The number of aromatic nitrogens is 3. The maximum atomic E-state index is 13.4. The quantitative estimate of drug-likeness (QED) is 0.651. The maximum absolute atomic E-state index is 13.4. The van der Waals surface area contributed by atoms with E-state index in [9.17, 15) is 9.18 Å². The van der Waals surface area contributed by atoms with E-state index in [4.69, 9.17) is 16.3 Å². The summed E-state index contributed by atoms with van der Waals surface area (Å²) in [6.07, 6.45) is 0. The first-order chi connectivity index (χ1) is 14.0.